The van der Waals surface area contributed by atoms with E-state index < -0.39 is 5.41 Å². The van der Waals surface area contributed by atoms with Crippen LogP contribution < -0.4 is 0 Å². The highest BCUT2D eigenvalue weighted by molar-refractivity contribution is 6.34. The van der Waals surface area contributed by atoms with Crippen molar-refractivity contribution in [1.29, 1.82) is 0 Å². The Morgan fingerprint density at radius 2 is 2.19 bits per heavy atom. The van der Waals surface area contributed by atoms with E-state index in [1.54, 1.807) is 14.1 Å². The van der Waals surface area contributed by atoms with Gasteiger partial charge in [-0.2, -0.15) is 0 Å². The van der Waals surface area contributed by atoms with Crippen LogP contribution >= 0.6 is 11.6 Å². The number of hydrogen-bond donors (Lipinski definition) is 0. The molecule has 1 amide bonds. The molecule has 0 aromatic carbocycles. The Morgan fingerprint density at radius 3 is 2.81 bits per heavy atom. The summed E-state index contributed by atoms with van der Waals surface area (Å²) in [5.74, 6) is 0.522. The molecule has 0 unspecified atom stereocenters. The highest BCUT2D eigenvalue weighted by atomic mass is 35.5. The Bertz CT molecular complexity index is 614. The van der Waals surface area contributed by atoms with Crippen LogP contribution in [0, 0.1) is 11.3 Å². The molecule has 5 nitrogen and oxygen atoms in total. The van der Waals surface area contributed by atoms with Crippen LogP contribution in [0.15, 0.2) is 34.3 Å². The van der Waals surface area contributed by atoms with Gasteiger partial charge in [0.2, 0.25) is 0 Å². The van der Waals surface area contributed by atoms with Gasteiger partial charge >= 0.3 is 0 Å². The van der Waals surface area contributed by atoms with Crippen molar-refractivity contribution < 1.29 is 19.1 Å². The summed E-state index contributed by atoms with van der Waals surface area (Å²) in [5.41, 5.74) is -0.254. The molecular weight excluding hydrogens is 294 g/mol. The van der Waals surface area contributed by atoms with E-state index in [0.717, 1.165) is 0 Å². The molecule has 1 fully saturated rings. The van der Waals surface area contributed by atoms with Crippen molar-refractivity contribution in [3.8, 4) is 0 Å². The highest BCUT2D eigenvalue weighted by Crippen LogP contribution is 2.61. The lowest BCUT2D eigenvalue weighted by Gasteiger charge is -2.38. The summed E-state index contributed by atoms with van der Waals surface area (Å²) >= 11 is 6.58. The average Bonchev–Trinajstić information content (AvgIpc) is 2.67. The molecule has 1 heterocycles. The molecular formula is C15H16ClNO4. The van der Waals surface area contributed by atoms with Gasteiger partial charge in [-0.15, -0.1) is 0 Å². The van der Waals surface area contributed by atoms with Gasteiger partial charge in [0.25, 0.3) is 5.91 Å². The number of ether oxygens (including phenoxy) is 2. The van der Waals surface area contributed by atoms with Crippen molar-refractivity contribution in [1.82, 2.24) is 4.90 Å². The fourth-order valence-corrected chi connectivity index (χ4v) is 3.79. The van der Waals surface area contributed by atoms with Crippen LogP contribution in [0.25, 0.3) is 0 Å². The maximum atomic E-state index is 12.4. The van der Waals surface area contributed by atoms with Gasteiger partial charge in [-0.1, -0.05) is 11.6 Å². The van der Waals surface area contributed by atoms with E-state index in [-0.39, 0.29) is 17.6 Å². The topological polar surface area (TPSA) is 55.8 Å². The molecule has 21 heavy (non-hydrogen) atoms. The predicted octanol–water partition coefficient (Wildman–Crippen LogP) is 1.60. The first kappa shape index (κ1) is 14.2. The number of carbonyl (C=O) groups excluding carboxylic acids is 2. The molecule has 2 bridgehead atoms. The van der Waals surface area contributed by atoms with Crippen LogP contribution in [0.1, 0.15) is 6.42 Å². The number of nitrogens with zero attached hydrogens (tertiary/aromatic N) is 1. The minimum Gasteiger partial charge on any atom is -0.499 e. The number of allylic oxidation sites excluding steroid dienone is 2. The third-order valence-electron chi connectivity index (χ3n) is 4.26. The first-order valence-corrected chi connectivity index (χ1v) is 7.06. The van der Waals surface area contributed by atoms with Gasteiger partial charge in [0.05, 0.1) is 13.7 Å². The fourth-order valence-electron chi connectivity index (χ4n) is 3.30. The molecule has 0 saturated carbocycles. The van der Waals surface area contributed by atoms with E-state index in [4.69, 9.17) is 21.1 Å². The van der Waals surface area contributed by atoms with Crippen LogP contribution in [0.3, 0.4) is 0 Å². The second kappa shape index (κ2) is 4.63. The molecule has 0 aromatic rings. The van der Waals surface area contributed by atoms with Crippen LogP contribution in [0.4, 0.5) is 0 Å². The number of amides is 1. The number of likely N-dealkylation sites (N-methyl/N-ethyl adjacent to an activating group) is 1. The van der Waals surface area contributed by atoms with Gasteiger partial charge in [0.1, 0.15) is 16.9 Å². The lowest BCUT2D eigenvalue weighted by Crippen LogP contribution is -2.35. The second-order valence-corrected chi connectivity index (χ2v) is 6.05. The molecule has 112 valence electrons. The number of hydrogen-bond acceptors (Lipinski definition) is 4. The summed E-state index contributed by atoms with van der Waals surface area (Å²) in [7, 11) is 4.87. The van der Waals surface area contributed by atoms with Crippen molar-refractivity contribution in [2.75, 3.05) is 27.8 Å². The largest absolute Gasteiger partial charge is 0.499 e. The molecule has 3 aliphatic rings. The van der Waals surface area contributed by atoms with Crippen LogP contribution in [-0.2, 0) is 19.1 Å². The minimum atomic E-state index is -0.811. The fraction of sp³-hybridized carbons (Fsp3) is 0.467. The predicted molar refractivity (Wildman–Crippen MR) is 76.2 cm³/mol. The highest BCUT2D eigenvalue weighted by Gasteiger charge is 2.58. The molecule has 3 rings (SSSR count). The zero-order chi connectivity index (χ0) is 15.4. The van der Waals surface area contributed by atoms with Gasteiger partial charge in [-0.3, -0.25) is 9.59 Å². The van der Waals surface area contributed by atoms with E-state index in [1.807, 2.05) is 0 Å². The molecule has 0 aromatic heterocycles. The zero-order valence-corrected chi connectivity index (χ0v) is 12.9. The summed E-state index contributed by atoms with van der Waals surface area (Å²) < 4.78 is 11.1. The number of rotatable bonds is 2. The zero-order valence-electron chi connectivity index (χ0n) is 12.1. The molecule has 6 heteroatoms. The summed E-state index contributed by atoms with van der Waals surface area (Å²) in [6, 6.07) is 0. The maximum Gasteiger partial charge on any atom is 0.250 e. The van der Waals surface area contributed by atoms with Gasteiger partial charge in [-0.05, 0) is 6.42 Å². The number of methoxy groups -OCH3 is 1. The third-order valence-corrected chi connectivity index (χ3v) is 4.78. The first-order valence-electron chi connectivity index (χ1n) is 6.68. The second-order valence-electron chi connectivity index (χ2n) is 5.67. The summed E-state index contributed by atoms with van der Waals surface area (Å²) in [6.07, 6.45) is 3.45. The van der Waals surface area contributed by atoms with Crippen molar-refractivity contribution in [3.63, 3.8) is 0 Å². The summed E-state index contributed by atoms with van der Waals surface area (Å²) in [5, 5.41) is 0.413. The number of ketones is 1. The molecule has 1 aliphatic heterocycles. The summed E-state index contributed by atoms with van der Waals surface area (Å²) in [6.45, 7) is 0.350. The Morgan fingerprint density at radius 1 is 1.48 bits per heavy atom. The van der Waals surface area contributed by atoms with Crippen molar-refractivity contribution in [2.45, 2.75) is 6.42 Å². The Kier molecular flexibility index (Phi) is 3.13. The molecule has 2 atom stereocenters. The normalized spacial score (nSPS) is 30.3. The molecule has 1 saturated heterocycles. The van der Waals surface area contributed by atoms with E-state index in [2.05, 4.69) is 0 Å². The third kappa shape index (κ3) is 1.77. The lowest BCUT2D eigenvalue weighted by atomic mass is 9.76. The van der Waals surface area contributed by atoms with E-state index in [9.17, 15) is 9.59 Å². The van der Waals surface area contributed by atoms with E-state index in [0.29, 0.717) is 35.2 Å². The maximum absolute atomic E-state index is 12.4. The Hall–Kier alpha value is -1.75. The average molecular weight is 310 g/mol. The number of halogens is 1. The quantitative estimate of drug-likeness (QED) is 0.777. The Balaban J connectivity index is 2.19. The Labute approximate surface area is 127 Å². The molecule has 0 N–H and O–H groups in total. The van der Waals surface area contributed by atoms with Crippen molar-refractivity contribution >= 4 is 23.3 Å². The monoisotopic (exact) mass is 309 g/mol. The smallest absolute Gasteiger partial charge is 0.250 e. The van der Waals surface area contributed by atoms with E-state index in [1.165, 1.54) is 24.2 Å². The summed E-state index contributed by atoms with van der Waals surface area (Å²) in [4.78, 5) is 25.7. The first-order chi connectivity index (χ1) is 9.91. The number of carbonyl (C=O) groups is 2. The van der Waals surface area contributed by atoms with Gasteiger partial charge in [0, 0.05) is 42.8 Å². The van der Waals surface area contributed by atoms with Gasteiger partial charge < -0.3 is 14.4 Å². The van der Waals surface area contributed by atoms with E-state index >= 15 is 0 Å². The van der Waals surface area contributed by atoms with Gasteiger partial charge in [-0.25, -0.2) is 0 Å². The lowest BCUT2D eigenvalue weighted by molar-refractivity contribution is -0.125. The molecule has 2 aliphatic carbocycles. The number of fused-ring (bicyclic) bond motifs is 1. The molecule has 0 radical (unpaired) electrons. The van der Waals surface area contributed by atoms with Gasteiger partial charge in [0.15, 0.2) is 5.78 Å². The standard InChI is InChI=1S/C15H16ClNO4/c1-17(2)14(19)12-8-6-15(13(12)16)10(20-3)4-9(18)5-11(15)21-7-8/h4-5,8H,6-7H2,1-3H3/t8-,15-/m1/s1. The SMILES string of the molecule is COC1=CC(=O)C=C2OC[C@H]3C[C@@]12C(Cl)=C3C(=O)N(C)C. The minimum absolute atomic E-state index is 0.0868. The van der Waals surface area contributed by atoms with Crippen LogP contribution in [0.5, 0.6) is 0 Å². The van der Waals surface area contributed by atoms with Crippen LogP contribution in [-0.4, -0.2) is 44.4 Å². The van der Waals surface area contributed by atoms with Crippen molar-refractivity contribution in [3.05, 3.63) is 34.3 Å². The van der Waals surface area contributed by atoms with Crippen molar-refractivity contribution in [2.24, 2.45) is 11.3 Å². The molecule has 1 spiro atoms. The van der Waals surface area contributed by atoms with Crippen LogP contribution in [0.2, 0.25) is 0 Å².